The third-order valence-corrected chi connectivity index (χ3v) is 4.85. The smallest absolute Gasteiger partial charge is 0.243 e. The standard InChI is InChI=1S/C12H20N2O2S/c1-5-6-14(4)17(15,16)12-8-11(13)7-9(2)10(12)3/h7-8H,5-6,13H2,1-4H3. The van der Waals surface area contributed by atoms with Gasteiger partial charge >= 0.3 is 0 Å². The van der Waals surface area contributed by atoms with Gasteiger partial charge in [-0.05, 0) is 43.5 Å². The fourth-order valence-corrected chi connectivity index (χ4v) is 3.32. The highest BCUT2D eigenvalue weighted by Crippen LogP contribution is 2.24. The predicted molar refractivity (Wildman–Crippen MR) is 70.4 cm³/mol. The topological polar surface area (TPSA) is 63.4 Å². The molecule has 0 atom stereocenters. The van der Waals surface area contributed by atoms with Crippen LogP contribution >= 0.6 is 0 Å². The predicted octanol–water partition coefficient (Wildman–Crippen LogP) is 1.92. The molecule has 5 heteroatoms. The molecule has 0 aliphatic rings. The van der Waals surface area contributed by atoms with Gasteiger partial charge in [0.2, 0.25) is 10.0 Å². The number of rotatable bonds is 4. The summed E-state index contributed by atoms with van der Waals surface area (Å²) >= 11 is 0. The summed E-state index contributed by atoms with van der Waals surface area (Å²) in [6.45, 7) is 6.13. The van der Waals surface area contributed by atoms with E-state index in [1.54, 1.807) is 20.0 Å². The van der Waals surface area contributed by atoms with Gasteiger partial charge in [-0.3, -0.25) is 0 Å². The summed E-state index contributed by atoms with van der Waals surface area (Å²) in [5.41, 5.74) is 7.86. The van der Waals surface area contributed by atoms with E-state index in [0.717, 1.165) is 17.5 Å². The second-order valence-corrected chi connectivity index (χ2v) is 6.30. The maximum absolute atomic E-state index is 12.3. The molecule has 0 aromatic heterocycles. The van der Waals surface area contributed by atoms with E-state index in [1.807, 2.05) is 13.8 Å². The highest BCUT2D eigenvalue weighted by molar-refractivity contribution is 7.89. The molecule has 0 spiro atoms. The van der Waals surface area contributed by atoms with Crippen LogP contribution in [-0.2, 0) is 10.0 Å². The van der Waals surface area contributed by atoms with E-state index in [1.165, 1.54) is 10.4 Å². The van der Waals surface area contributed by atoms with E-state index in [9.17, 15) is 8.42 Å². The summed E-state index contributed by atoms with van der Waals surface area (Å²) in [7, 11) is -1.83. The number of sulfonamides is 1. The number of hydrogen-bond acceptors (Lipinski definition) is 3. The summed E-state index contributed by atoms with van der Waals surface area (Å²) < 4.78 is 26.0. The molecule has 0 aliphatic carbocycles. The van der Waals surface area contributed by atoms with Gasteiger partial charge in [0, 0.05) is 19.3 Å². The Morgan fingerprint density at radius 3 is 2.41 bits per heavy atom. The fourth-order valence-electron chi connectivity index (χ4n) is 1.72. The van der Waals surface area contributed by atoms with Crippen molar-refractivity contribution in [1.29, 1.82) is 0 Å². The van der Waals surface area contributed by atoms with Crippen LogP contribution in [0.3, 0.4) is 0 Å². The first-order chi connectivity index (χ1) is 7.80. The van der Waals surface area contributed by atoms with Gasteiger partial charge in [0.25, 0.3) is 0 Å². The molecule has 0 heterocycles. The monoisotopic (exact) mass is 256 g/mol. The van der Waals surface area contributed by atoms with Crippen molar-refractivity contribution in [2.24, 2.45) is 0 Å². The highest BCUT2D eigenvalue weighted by atomic mass is 32.2. The maximum Gasteiger partial charge on any atom is 0.243 e. The summed E-state index contributed by atoms with van der Waals surface area (Å²) in [6.07, 6.45) is 0.788. The minimum absolute atomic E-state index is 0.311. The Kier molecular flexibility index (Phi) is 4.16. The van der Waals surface area contributed by atoms with E-state index < -0.39 is 10.0 Å². The average molecular weight is 256 g/mol. The molecular formula is C12H20N2O2S. The minimum atomic E-state index is -3.42. The molecule has 1 rings (SSSR count). The van der Waals surface area contributed by atoms with Gasteiger partial charge in [-0.1, -0.05) is 6.92 Å². The van der Waals surface area contributed by atoms with E-state index in [4.69, 9.17) is 5.73 Å². The van der Waals surface area contributed by atoms with Crippen molar-refractivity contribution >= 4 is 15.7 Å². The summed E-state index contributed by atoms with van der Waals surface area (Å²) in [4.78, 5) is 0.311. The second kappa shape index (κ2) is 5.06. The molecule has 2 N–H and O–H groups in total. The Balaban J connectivity index is 3.33. The van der Waals surface area contributed by atoms with E-state index in [-0.39, 0.29) is 0 Å². The van der Waals surface area contributed by atoms with Crippen molar-refractivity contribution in [3.63, 3.8) is 0 Å². The first-order valence-corrected chi connectivity index (χ1v) is 7.07. The summed E-state index contributed by atoms with van der Waals surface area (Å²) in [5.74, 6) is 0. The van der Waals surface area contributed by atoms with Crippen LogP contribution in [0, 0.1) is 13.8 Å². The summed E-state index contributed by atoms with van der Waals surface area (Å²) in [5, 5.41) is 0. The Labute approximate surface area is 103 Å². The van der Waals surface area contributed by atoms with Crippen LogP contribution in [0.1, 0.15) is 24.5 Å². The van der Waals surface area contributed by atoms with Crippen LogP contribution in [-0.4, -0.2) is 26.3 Å². The molecule has 0 saturated carbocycles. The zero-order valence-electron chi connectivity index (χ0n) is 10.8. The minimum Gasteiger partial charge on any atom is -0.399 e. The molecule has 0 aliphatic heterocycles. The van der Waals surface area contributed by atoms with Gasteiger partial charge in [0.05, 0.1) is 4.90 Å². The van der Waals surface area contributed by atoms with Crippen molar-refractivity contribution in [2.45, 2.75) is 32.1 Å². The van der Waals surface area contributed by atoms with Gasteiger partial charge in [-0.2, -0.15) is 0 Å². The molecule has 0 amide bonds. The van der Waals surface area contributed by atoms with Crippen molar-refractivity contribution in [1.82, 2.24) is 4.31 Å². The third-order valence-electron chi connectivity index (χ3n) is 2.87. The molecular weight excluding hydrogens is 236 g/mol. The van der Waals surface area contributed by atoms with Crippen molar-refractivity contribution < 1.29 is 8.42 Å². The largest absolute Gasteiger partial charge is 0.399 e. The van der Waals surface area contributed by atoms with Crippen LogP contribution in [0.4, 0.5) is 5.69 Å². The first kappa shape index (κ1) is 14.0. The molecule has 0 fully saturated rings. The van der Waals surface area contributed by atoms with Crippen LogP contribution in [0.15, 0.2) is 17.0 Å². The molecule has 4 nitrogen and oxygen atoms in total. The van der Waals surface area contributed by atoms with Crippen LogP contribution < -0.4 is 5.73 Å². The number of hydrogen-bond donors (Lipinski definition) is 1. The van der Waals surface area contributed by atoms with Crippen LogP contribution in [0.2, 0.25) is 0 Å². The third kappa shape index (κ3) is 2.79. The zero-order chi connectivity index (χ0) is 13.2. The Morgan fingerprint density at radius 2 is 1.88 bits per heavy atom. The molecule has 0 saturated heterocycles. The lowest BCUT2D eigenvalue weighted by atomic mass is 10.1. The quantitative estimate of drug-likeness (QED) is 0.837. The van der Waals surface area contributed by atoms with Gasteiger partial charge in [-0.25, -0.2) is 12.7 Å². The van der Waals surface area contributed by atoms with E-state index >= 15 is 0 Å². The summed E-state index contributed by atoms with van der Waals surface area (Å²) in [6, 6.07) is 3.32. The number of nitrogens with zero attached hydrogens (tertiary/aromatic N) is 1. The number of nitrogen functional groups attached to an aromatic ring is 1. The highest BCUT2D eigenvalue weighted by Gasteiger charge is 2.23. The molecule has 0 unspecified atom stereocenters. The second-order valence-electron chi connectivity index (χ2n) is 4.29. The average Bonchev–Trinajstić information content (AvgIpc) is 2.23. The first-order valence-electron chi connectivity index (χ1n) is 5.63. The van der Waals surface area contributed by atoms with E-state index in [0.29, 0.717) is 17.1 Å². The molecule has 17 heavy (non-hydrogen) atoms. The van der Waals surface area contributed by atoms with Gasteiger partial charge in [-0.15, -0.1) is 0 Å². The molecule has 0 bridgehead atoms. The molecule has 96 valence electrons. The Morgan fingerprint density at radius 1 is 1.29 bits per heavy atom. The lowest BCUT2D eigenvalue weighted by Crippen LogP contribution is -2.28. The molecule has 1 aromatic rings. The SMILES string of the molecule is CCCN(C)S(=O)(=O)c1cc(N)cc(C)c1C. The van der Waals surface area contributed by atoms with Gasteiger partial charge in [0.15, 0.2) is 0 Å². The van der Waals surface area contributed by atoms with Crippen molar-refractivity contribution in [2.75, 3.05) is 19.3 Å². The number of benzene rings is 1. The zero-order valence-corrected chi connectivity index (χ0v) is 11.6. The lowest BCUT2D eigenvalue weighted by Gasteiger charge is -2.19. The van der Waals surface area contributed by atoms with Gasteiger partial charge in [0.1, 0.15) is 0 Å². The Bertz CT molecular complexity index is 509. The van der Waals surface area contributed by atoms with Crippen molar-refractivity contribution in [3.05, 3.63) is 23.3 Å². The molecule has 1 aromatic carbocycles. The van der Waals surface area contributed by atoms with Crippen LogP contribution in [0.5, 0.6) is 0 Å². The van der Waals surface area contributed by atoms with Crippen LogP contribution in [0.25, 0.3) is 0 Å². The normalized spacial score (nSPS) is 12.1. The Hall–Kier alpha value is -1.07. The molecule has 0 radical (unpaired) electrons. The number of nitrogens with two attached hydrogens (primary N) is 1. The lowest BCUT2D eigenvalue weighted by molar-refractivity contribution is 0.468. The van der Waals surface area contributed by atoms with Gasteiger partial charge < -0.3 is 5.73 Å². The fraction of sp³-hybridized carbons (Fsp3) is 0.500. The van der Waals surface area contributed by atoms with E-state index in [2.05, 4.69) is 0 Å². The maximum atomic E-state index is 12.3. The number of aryl methyl sites for hydroxylation is 1. The number of anilines is 1. The van der Waals surface area contributed by atoms with Crippen molar-refractivity contribution in [3.8, 4) is 0 Å².